The Morgan fingerprint density at radius 3 is 2.69 bits per heavy atom. The second kappa shape index (κ2) is 4.55. The van der Waals surface area contributed by atoms with Crippen molar-refractivity contribution >= 4 is 10.9 Å². The zero-order chi connectivity index (χ0) is 9.68. The molecule has 0 aliphatic carbocycles. The van der Waals surface area contributed by atoms with Crippen molar-refractivity contribution in [1.82, 2.24) is 9.97 Å². The first-order valence-corrected chi connectivity index (χ1v) is 4.52. The summed E-state index contributed by atoms with van der Waals surface area (Å²) in [6, 6.07) is 3.99. The molecule has 13 heavy (non-hydrogen) atoms. The Hall–Kier alpha value is -1.44. The number of aryl methyl sites for hydroxylation is 1. The van der Waals surface area contributed by atoms with Gasteiger partial charge in [-0.15, -0.1) is 0 Å². The van der Waals surface area contributed by atoms with Crippen LogP contribution in [0.15, 0.2) is 30.7 Å². The van der Waals surface area contributed by atoms with Gasteiger partial charge in [-0.05, 0) is 24.6 Å². The van der Waals surface area contributed by atoms with Crippen molar-refractivity contribution in [2.75, 3.05) is 0 Å². The Bertz CT molecular complexity index is 383. The lowest BCUT2D eigenvalue weighted by atomic mass is 10.2. The van der Waals surface area contributed by atoms with E-state index in [-0.39, 0.29) is 0 Å². The summed E-state index contributed by atoms with van der Waals surface area (Å²) in [6.07, 6.45) is 5.45. The summed E-state index contributed by atoms with van der Waals surface area (Å²) < 4.78 is 0. The fourth-order valence-corrected chi connectivity index (χ4v) is 1.08. The van der Waals surface area contributed by atoms with Crippen LogP contribution >= 0.6 is 0 Å². The largest absolute Gasteiger partial charge is 0.264 e. The molecule has 0 radical (unpaired) electrons. The lowest BCUT2D eigenvalue weighted by molar-refractivity contribution is 1.29. The van der Waals surface area contributed by atoms with E-state index in [9.17, 15) is 0 Å². The third-order valence-corrected chi connectivity index (χ3v) is 1.62. The number of rotatable bonds is 0. The van der Waals surface area contributed by atoms with Crippen LogP contribution in [0.2, 0.25) is 0 Å². The van der Waals surface area contributed by atoms with Gasteiger partial charge < -0.3 is 0 Å². The molecular formula is C11H14N2. The Kier molecular flexibility index (Phi) is 3.38. The van der Waals surface area contributed by atoms with Gasteiger partial charge in [0.15, 0.2) is 0 Å². The van der Waals surface area contributed by atoms with Crippen molar-refractivity contribution in [2.24, 2.45) is 0 Å². The number of aromatic nitrogens is 2. The first-order chi connectivity index (χ1) is 6.36. The smallest absolute Gasteiger partial charge is 0.0732 e. The van der Waals surface area contributed by atoms with Crippen LogP contribution in [0.1, 0.15) is 19.4 Å². The molecule has 0 atom stereocenters. The number of nitrogens with zero attached hydrogens (tertiary/aromatic N) is 2. The Balaban J connectivity index is 0.000000396. The maximum absolute atomic E-state index is 4.24. The van der Waals surface area contributed by atoms with E-state index in [4.69, 9.17) is 0 Å². The van der Waals surface area contributed by atoms with E-state index in [0.717, 1.165) is 10.9 Å². The number of fused-ring (bicyclic) bond motifs is 1. The van der Waals surface area contributed by atoms with Crippen molar-refractivity contribution in [2.45, 2.75) is 20.8 Å². The first kappa shape index (κ1) is 9.65. The van der Waals surface area contributed by atoms with Crippen LogP contribution in [0.5, 0.6) is 0 Å². The molecule has 0 amide bonds. The van der Waals surface area contributed by atoms with Crippen LogP contribution in [-0.2, 0) is 0 Å². The Morgan fingerprint density at radius 2 is 1.92 bits per heavy atom. The maximum Gasteiger partial charge on any atom is 0.0732 e. The molecule has 0 spiro atoms. The van der Waals surface area contributed by atoms with Gasteiger partial charge in [-0.2, -0.15) is 0 Å². The normalized spacial score (nSPS) is 9.15. The predicted octanol–water partition coefficient (Wildman–Crippen LogP) is 2.96. The van der Waals surface area contributed by atoms with Crippen LogP contribution < -0.4 is 0 Å². The molecule has 0 fully saturated rings. The summed E-state index contributed by atoms with van der Waals surface area (Å²) in [6.45, 7) is 6.03. The summed E-state index contributed by atoms with van der Waals surface area (Å²) in [7, 11) is 0. The molecule has 2 rings (SSSR count). The Labute approximate surface area is 78.7 Å². The van der Waals surface area contributed by atoms with E-state index >= 15 is 0 Å². The lowest BCUT2D eigenvalue weighted by Gasteiger charge is -1.95. The van der Waals surface area contributed by atoms with Gasteiger partial charge in [0.25, 0.3) is 0 Å². The molecule has 2 heterocycles. The second-order valence-corrected chi connectivity index (χ2v) is 2.58. The highest BCUT2D eigenvalue weighted by atomic mass is 14.7. The van der Waals surface area contributed by atoms with Crippen LogP contribution in [0.4, 0.5) is 0 Å². The van der Waals surface area contributed by atoms with E-state index in [1.807, 2.05) is 39.2 Å². The highest BCUT2D eigenvalue weighted by Crippen LogP contribution is 2.09. The topological polar surface area (TPSA) is 25.8 Å². The molecule has 0 saturated heterocycles. The highest BCUT2D eigenvalue weighted by Gasteiger charge is 1.91. The molecule has 2 heteroatoms. The van der Waals surface area contributed by atoms with E-state index in [0.29, 0.717) is 0 Å². The average Bonchev–Trinajstić information content (AvgIpc) is 2.21. The van der Waals surface area contributed by atoms with Crippen molar-refractivity contribution in [3.8, 4) is 0 Å². The SMILES string of the molecule is CC.Cc1cnc2ccncc2c1. The average molecular weight is 174 g/mol. The van der Waals surface area contributed by atoms with Gasteiger partial charge in [-0.1, -0.05) is 13.8 Å². The minimum absolute atomic E-state index is 1.01. The van der Waals surface area contributed by atoms with Crippen molar-refractivity contribution in [3.63, 3.8) is 0 Å². The first-order valence-electron chi connectivity index (χ1n) is 4.52. The molecule has 2 aromatic rings. The summed E-state index contributed by atoms with van der Waals surface area (Å²) in [5.74, 6) is 0. The van der Waals surface area contributed by atoms with E-state index in [2.05, 4.69) is 16.0 Å². The molecular weight excluding hydrogens is 160 g/mol. The molecule has 2 aromatic heterocycles. The van der Waals surface area contributed by atoms with Gasteiger partial charge >= 0.3 is 0 Å². The summed E-state index contributed by atoms with van der Waals surface area (Å²) in [4.78, 5) is 8.25. The maximum atomic E-state index is 4.24. The number of pyridine rings is 2. The monoisotopic (exact) mass is 174 g/mol. The van der Waals surface area contributed by atoms with Gasteiger partial charge in [-0.25, -0.2) is 0 Å². The van der Waals surface area contributed by atoms with Crippen molar-refractivity contribution in [3.05, 3.63) is 36.3 Å². The van der Waals surface area contributed by atoms with Gasteiger partial charge in [0.05, 0.1) is 5.52 Å². The third-order valence-electron chi connectivity index (χ3n) is 1.62. The minimum Gasteiger partial charge on any atom is -0.264 e. The van der Waals surface area contributed by atoms with E-state index in [1.54, 1.807) is 6.20 Å². The standard InChI is InChI=1S/C9H8N2.C2H6/c1-7-4-8-6-10-3-2-9(8)11-5-7;1-2/h2-6H,1H3;1-2H3. The zero-order valence-corrected chi connectivity index (χ0v) is 8.28. The van der Waals surface area contributed by atoms with Crippen LogP contribution in [0.25, 0.3) is 10.9 Å². The van der Waals surface area contributed by atoms with E-state index in [1.165, 1.54) is 5.56 Å². The number of hydrogen-bond acceptors (Lipinski definition) is 2. The van der Waals surface area contributed by atoms with Gasteiger partial charge in [0, 0.05) is 24.0 Å². The molecule has 0 aromatic carbocycles. The second-order valence-electron chi connectivity index (χ2n) is 2.58. The fourth-order valence-electron chi connectivity index (χ4n) is 1.08. The number of hydrogen-bond donors (Lipinski definition) is 0. The highest BCUT2D eigenvalue weighted by molar-refractivity contribution is 5.77. The minimum atomic E-state index is 1.01. The summed E-state index contributed by atoms with van der Waals surface area (Å²) in [5.41, 5.74) is 2.18. The van der Waals surface area contributed by atoms with Gasteiger partial charge in [0.2, 0.25) is 0 Å². The van der Waals surface area contributed by atoms with Crippen molar-refractivity contribution in [1.29, 1.82) is 0 Å². The van der Waals surface area contributed by atoms with Crippen LogP contribution in [0, 0.1) is 6.92 Å². The molecule has 68 valence electrons. The van der Waals surface area contributed by atoms with Crippen LogP contribution in [-0.4, -0.2) is 9.97 Å². The molecule has 0 bridgehead atoms. The molecule has 0 N–H and O–H groups in total. The van der Waals surface area contributed by atoms with Crippen LogP contribution in [0.3, 0.4) is 0 Å². The molecule has 0 aliphatic heterocycles. The van der Waals surface area contributed by atoms with E-state index < -0.39 is 0 Å². The van der Waals surface area contributed by atoms with Gasteiger partial charge in [-0.3, -0.25) is 9.97 Å². The molecule has 0 unspecified atom stereocenters. The quantitative estimate of drug-likeness (QED) is 0.613. The third kappa shape index (κ3) is 2.25. The predicted molar refractivity (Wildman–Crippen MR) is 55.6 cm³/mol. The molecule has 2 nitrogen and oxygen atoms in total. The van der Waals surface area contributed by atoms with Crippen molar-refractivity contribution < 1.29 is 0 Å². The Morgan fingerprint density at radius 1 is 1.15 bits per heavy atom. The van der Waals surface area contributed by atoms with Gasteiger partial charge in [0.1, 0.15) is 0 Å². The fraction of sp³-hybridized carbons (Fsp3) is 0.273. The summed E-state index contributed by atoms with van der Waals surface area (Å²) in [5, 5.41) is 1.10. The molecule has 0 saturated carbocycles. The lowest BCUT2D eigenvalue weighted by Crippen LogP contribution is -1.80. The molecule has 0 aliphatic rings. The summed E-state index contributed by atoms with van der Waals surface area (Å²) >= 11 is 0. The zero-order valence-electron chi connectivity index (χ0n) is 8.28.